The quantitative estimate of drug-likeness (QED) is 0.492. The number of aliphatic imine (C=N–C) groups is 2. The SMILES string of the molecule is CON1C=C2C=NC3=C(N(C)CC(C)=C3C)N2C1.CON1C=C2C=NC3=C(N(CCC(F)(F)F)CC(C)=C3C)N2C1. The Hall–Kier alpha value is -3.71. The van der Waals surface area contributed by atoms with Gasteiger partial charge in [0, 0.05) is 26.7 Å². The highest BCUT2D eigenvalue weighted by molar-refractivity contribution is 5.82. The first-order valence-electron chi connectivity index (χ1n) is 13.4. The average molecular weight is 575 g/mol. The zero-order chi connectivity index (χ0) is 29.6. The molecular formula is C28H37F3N8O2. The Balaban J connectivity index is 0.000000169. The van der Waals surface area contributed by atoms with Gasteiger partial charge in [0.15, 0.2) is 0 Å². The lowest BCUT2D eigenvalue weighted by atomic mass is 10.0. The average Bonchev–Trinajstić information content (AvgIpc) is 3.56. The van der Waals surface area contributed by atoms with Crippen LogP contribution in [0.4, 0.5) is 13.2 Å². The lowest BCUT2D eigenvalue weighted by Gasteiger charge is -2.40. The molecule has 0 radical (unpaired) electrons. The number of hydroxylamine groups is 4. The first-order valence-corrected chi connectivity index (χ1v) is 13.4. The van der Waals surface area contributed by atoms with Crippen molar-refractivity contribution >= 4 is 12.4 Å². The summed E-state index contributed by atoms with van der Waals surface area (Å²) in [5, 5.41) is 3.44. The van der Waals surface area contributed by atoms with Gasteiger partial charge in [-0.25, -0.2) is 10.1 Å². The Morgan fingerprint density at radius 2 is 1.27 bits per heavy atom. The second kappa shape index (κ2) is 10.9. The van der Waals surface area contributed by atoms with Crippen LogP contribution in [-0.2, 0) is 9.68 Å². The van der Waals surface area contributed by atoms with Gasteiger partial charge in [-0.1, -0.05) is 0 Å². The Labute approximate surface area is 238 Å². The molecule has 0 amide bonds. The molecule has 0 spiro atoms. The van der Waals surface area contributed by atoms with Crippen molar-refractivity contribution in [1.29, 1.82) is 0 Å². The number of allylic oxidation sites excluding steroid dienone is 4. The molecule has 0 aliphatic carbocycles. The highest BCUT2D eigenvalue weighted by Crippen LogP contribution is 2.38. The Morgan fingerprint density at radius 1 is 0.780 bits per heavy atom. The van der Waals surface area contributed by atoms with Crippen LogP contribution in [0.3, 0.4) is 0 Å². The molecule has 0 aromatic rings. The summed E-state index contributed by atoms with van der Waals surface area (Å²) in [6.45, 7) is 10.7. The lowest BCUT2D eigenvalue weighted by molar-refractivity contribution is -0.137. The monoisotopic (exact) mass is 574 g/mol. The Morgan fingerprint density at radius 3 is 1.78 bits per heavy atom. The van der Waals surface area contributed by atoms with Gasteiger partial charge in [0.1, 0.15) is 36.4 Å². The molecule has 0 bridgehead atoms. The molecule has 0 saturated heterocycles. The topological polar surface area (TPSA) is 62.6 Å². The number of fused-ring (bicyclic) bond motifs is 4. The zero-order valence-electron chi connectivity index (χ0n) is 24.6. The van der Waals surface area contributed by atoms with Gasteiger partial charge in [-0.15, -0.1) is 0 Å². The largest absolute Gasteiger partial charge is 0.390 e. The summed E-state index contributed by atoms with van der Waals surface area (Å²) in [5.74, 6) is 1.90. The summed E-state index contributed by atoms with van der Waals surface area (Å²) < 4.78 is 38.0. The van der Waals surface area contributed by atoms with Crippen molar-refractivity contribution in [3.8, 4) is 0 Å². The summed E-state index contributed by atoms with van der Waals surface area (Å²) >= 11 is 0. The van der Waals surface area contributed by atoms with E-state index in [0.717, 1.165) is 46.3 Å². The molecule has 222 valence electrons. The Bertz CT molecular complexity index is 1350. The maximum absolute atomic E-state index is 12.7. The van der Waals surface area contributed by atoms with Crippen LogP contribution in [0.15, 0.2) is 79.1 Å². The third kappa shape index (κ3) is 5.47. The third-order valence-corrected chi connectivity index (χ3v) is 8.01. The van der Waals surface area contributed by atoms with E-state index in [1.165, 1.54) is 17.0 Å². The lowest BCUT2D eigenvalue weighted by Crippen LogP contribution is -2.42. The van der Waals surface area contributed by atoms with Crippen molar-refractivity contribution in [3.05, 3.63) is 69.1 Å². The molecule has 0 unspecified atom stereocenters. The minimum Gasteiger partial charge on any atom is -0.355 e. The van der Waals surface area contributed by atoms with Gasteiger partial charge in [0.2, 0.25) is 0 Å². The van der Waals surface area contributed by atoms with Crippen LogP contribution in [0.1, 0.15) is 34.1 Å². The number of nitrogens with zero attached hydrogens (tertiary/aromatic N) is 8. The van der Waals surface area contributed by atoms with E-state index in [9.17, 15) is 13.2 Å². The van der Waals surface area contributed by atoms with E-state index < -0.39 is 12.6 Å². The van der Waals surface area contributed by atoms with E-state index in [1.54, 1.807) is 36.6 Å². The van der Waals surface area contributed by atoms with Crippen molar-refractivity contribution in [1.82, 2.24) is 29.7 Å². The van der Waals surface area contributed by atoms with E-state index in [2.05, 4.69) is 40.7 Å². The number of rotatable bonds is 4. The minimum atomic E-state index is -4.18. The molecule has 0 atom stereocenters. The van der Waals surface area contributed by atoms with Gasteiger partial charge in [-0.3, -0.25) is 19.7 Å². The summed E-state index contributed by atoms with van der Waals surface area (Å²) in [6, 6.07) is 0. The molecule has 6 heterocycles. The fourth-order valence-corrected chi connectivity index (χ4v) is 5.51. The number of likely N-dealkylation sites (N-methyl/N-ethyl adjacent to an activating group) is 1. The third-order valence-electron chi connectivity index (χ3n) is 8.01. The number of hydrogen-bond acceptors (Lipinski definition) is 10. The predicted molar refractivity (Wildman–Crippen MR) is 150 cm³/mol. The van der Waals surface area contributed by atoms with Crippen molar-refractivity contribution < 1.29 is 22.8 Å². The van der Waals surface area contributed by atoms with E-state index in [4.69, 9.17) is 9.68 Å². The molecule has 6 rings (SSSR count). The van der Waals surface area contributed by atoms with E-state index in [-0.39, 0.29) is 6.54 Å². The fourth-order valence-electron chi connectivity index (χ4n) is 5.51. The molecule has 6 aliphatic rings. The van der Waals surface area contributed by atoms with E-state index >= 15 is 0 Å². The van der Waals surface area contributed by atoms with Crippen LogP contribution in [0.5, 0.6) is 0 Å². The molecule has 13 heteroatoms. The van der Waals surface area contributed by atoms with Crippen LogP contribution in [0, 0.1) is 0 Å². The molecule has 6 aliphatic heterocycles. The van der Waals surface area contributed by atoms with E-state index in [1.807, 2.05) is 36.2 Å². The molecule has 0 aromatic carbocycles. The van der Waals surface area contributed by atoms with Crippen molar-refractivity contribution in [2.24, 2.45) is 9.98 Å². The van der Waals surface area contributed by atoms with Crippen molar-refractivity contribution in [2.45, 2.75) is 40.3 Å². The van der Waals surface area contributed by atoms with Gasteiger partial charge in [-0.2, -0.15) is 13.2 Å². The molecule has 0 fully saturated rings. The summed E-state index contributed by atoms with van der Waals surface area (Å²) in [7, 11) is 5.35. The van der Waals surface area contributed by atoms with Crippen LogP contribution < -0.4 is 0 Å². The molecule has 0 saturated carbocycles. The van der Waals surface area contributed by atoms with Gasteiger partial charge in [0.25, 0.3) is 0 Å². The van der Waals surface area contributed by atoms with Crippen molar-refractivity contribution in [3.63, 3.8) is 0 Å². The maximum Gasteiger partial charge on any atom is 0.390 e. The van der Waals surface area contributed by atoms with Crippen LogP contribution in [-0.4, -0.2) is 103 Å². The van der Waals surface area contributed by atoms with Gasteiger partial charge >= 0.3 is 6.18 Å². The zero-order valence-corrected chi connectivity index (χ0v) is 24.6. The van der Waals surface area contributed by atoms with Gasteiger partial charge < -0.3 is 19.6 Å². The van der Waals surface area contributed by atoms with Crippen LogP contribution in [0.2, 0.25) is 0 Å². The number of hydrogen-bond donors (Lipinski definition) is 0. The highest BCUT2D eigenvalue weighted by atomic mass is 19.4. The number of alkyl halides is 3. The van der Waals surface area contributed by atoms with Gasteiger partial charge in [0.05, 0.1) is 56.9 Å². The molecular weight excluding hydrogens is 537 g/mol. The molecule has 41 heavy (non-hydrogen) atoms. The first-order chi connectivity index (χ1) is 19.4. The number of halogens is 3. The van der Waals surface area contributed by atoms with Crippen LogP contribution >= 0.6 is 0 Å². The van der Waals surface area contributed by atoms with Crippen molar-refractivity contribution in [2.75, 3.05) is 54.2 Å². The smallest absolute Gasteiger partial charge is 0.355 e. The molecule has 0 aromatic heterocycles. The molecule has 0 N–H and O–H groups in total. The minimum absolute atomic E-state index is 0.0841. The summed E-state index contributed by atoms with van der Waals surface area (Å²) in [6.07, 6.45) is 2.37. The summed E-state index contributed by atoms with van der Waals surface area (Å²) in [4.78, 5) is 27.7. The second-order valence-corrected chi connectivity index (χ2v) is 10.8. The summed E-state index contributed by atoms with van der Waals surface area (Å²) in [5.41, 5.74) is 8.44. The first kappa shape index (κ1) is 28.8. The van der Waals surface area contributed by atoms with Crippen LogP contribution in [0.25, 0.3) is 0 Å². The van der Waals surface area contributed by atoms with Gasteiger partial charge in [-0.05, 0) is 50.0 Å². The Kier molecular flexibility index (Phi) is 7.68. The highest BCUT2D eigenvalue weighted by Gasteiger charge is 2.37. The predicted octanol–water partition coefficient (Wildman–Crippen LogP) is 4.32. The second-order valence-electron chi connectivity index (χ2n) is 10.8. The fraction of sp³-hybridized carbons (Fsp3) is 0.500. The normalized spacial score (nSPS) is 21.8. The van der Waals surface area contributed by atoms with E-state index in [0.29, 0.717) is 19.9 Å². The standard InChI is InChI=1S/C15H19F3N4O.C13H18N4O/c1-10-7-20(5-4-15(16,17)18)14-13(11(10)2)19-6-12-8-21(23-3)9-22(12)14;1-9-6-15(3)13-12(10(9)2)14-5-11-7-16(18-4)8-17(11)13/h6,8H,4-5,7,9H2,1-3H3;5,7H,6,8H2,1-4H3. The maximum atomic E-state index is 12.7. The molecule has 10 nitrogen and oxygen atoms in total.